The molecule has 55 heavy (non-hydrogen) atoms. The molecule has 2 nitrogen and oxygen atoms in total. The Morgan fingerprint density at radius 2 is 0.909 bits per heavy atom. The molecule has 11 aromatic rings. The van der Waals surface area contributed by atoms with Crippen LogP contribution in [0.3, 0.4) is 0 Å². The van der Waals surface area contributed by atoms with Crippen LogP contribution in [0.5, 0.6) is 0 Å². The Balaban J connectivity index is 1.09. The highest BCUT2D eigenvalue weighted by Gasteiger charge is 2.31. The molecular formula is C53H32N2. The molecule has 9 aromatic carbocycles. The number of hydrogen-bond donors (Lipinski definition) is 0. The van der Waals surface area contributed by atoms with Crippen LogP contribution in [0.2, 0.25) is 0 Å². The molecule has 2 aromatic heterocycles. The minimum atomic E-state index is 1.00. The van der Waals surface area contributed by atoms with Crippen molar-refractivity contribution in [3.8, 4) is 61.3 Å². The first-order chi connectivity index (χ1) is 27.3. The average molecular weight is 697 g/mol. The summed E-state index contributed by atoms with van der Waals surface area (Å²) in [7, 11) is 0. The van der Waals surface area contributed by atoms with Gasteiger partial charge >= 0.3 is 0 Å². The van der Waals surface area contributed by atoms with Crippen molar-refractivity contribution in [3.63, 3.8) is 0 Å². The first kappa shape index (κ1) is 30.2. The lowest BCUT2D eigenvalue weighted by atomic mass is 9.82. The second kappa shape index (κ2) is 11.6. The third-order valence-electron chi connectivity index (χ3n) is 11.8. The highest BCUT2D eigenvalue weighted by molar-refractivity contribution is 6.29. The van der Waals surface area contributed by atoms with Crippen molar-refractivity contribution in [1.29, 1.82) is 0 Å². The number of rotatable bonds is 4. The van der Waals surface area contributed by atoms with Crippen molar-refractivity contribution in [2.75, 3.05) is 0 Å². The van der Waals surface area contributed by atoms with E-state index in [4.69, 9.17) is 4.98 Å². The number of hydrogen-bond acceptors (Lipinski definition) is 1. The molecule has 0 aliphatic heterocycles. The van der Waals surface area contributed by atoms with E-state index >= 15 is 0 Å². The maximum Gasteiger partial charge on any atom is 0.0723 e. The second-order valence-corrected chi connectivity index (χ2v) is 14.6. The van der Waals surface area contributed by atoms with Gasteiger partial charge in [0.2, 0.25) is 0 Å². The van der Waals surface area contributed by atoms with Gasteiger partial charge in [-0.1, -0.05) is 152 Å². The fraction of sp³-hybridized carbons (Fsp3) is 0. The van der Waals surface area contributed by atoms with Crippen LogP contribution in [0.25, 0.3) is 116 Å². The molecule has 0 radical (unpaired) electrons. The summed E-state index contributed by atoms with van der Waals surface area (Å²) in [6, 6.07) is 68.9. The molecule has 1 aliphatic carbocycles. The normalized spacial score (nSPS) is 12.0. The van der Waals surface area contributed by atoms with E-state index in [0.717, 1.165) is 16.6 Å². The summed E-state index contributed by atoms with van der Waals surface area (Å²) in [5, 5.41) is 8.80. The van der Waals surface area contributed by atoms with Crippen LogP contribution in [0, 0.1) is 0 Å². The van der Waals surface area contributed by atoms with Gasteiger partial charge in [-0.15, -0.1) is 0 Å². The third-order valence-corrected chi connectivity index (χ3v) is 11.8. The van der Waals surface area contributed by atoms with E-state index in [1.807, 2.05) is 12.3 Å². The van der Waals surface area contributed by atoms with Crippen molar-refractivity contribution in [2.24, 2.45) is 0 Å². The van der Waals surface area contributed by atoms with Gasteiger partial charge in [-0.3, -0.25) is 4.98 Å². The van der Waals surface area contributed by atoms with E-state index in [-0.39, 0.29) is 0 Å². The molecule has 1 aliphatic rings. The SMILES string of the molecule is c1ccc(-c2c3c(c(-c4ccccc4)c4ccccc24)-c2ccc(-c4ccc(-n5c6ccccc6c6ccc7ncccc7c65)cc4)c4cccc-3c24)cc1. The van der Waals surface area contributed by atoms with Gasteiger partial charge in [0.25, 0.3) is 0 Å². The van der Waals surface area contributed by atoms with Gasteiger partial charge in [0, 0.05) is 28.0 Å². The zero-order chi connectivity index (χ0) is 36.0. The Labute approximate surface area is 318 Å². The van der Waals surface area contributed by atoms with E-state index in [9.17, 15) is 0 Å². The van der Waals surface area contributed by atoms with Crippen LogP contribution in [0.1, 0.15) is 0 Å². The molecule has 0 saturated heterocycles. The van der Waals surface area contributed by atoms with Crippen LogP contribution in [-0.2, 0) is 0 Å². The summed E-state index contributed by atoms with van der Waals surface area (Å²) in [4.78, 5) is 4.70. The van der Waals surface area contributed by atoms with Gasteiger partial charge in [0.1, 0.15) is 0 Å². The third kappa shape index (κ3) is 4.28. The van der Waals surface area contributed by atoms with E-state index in [1.165, 1.54) is 99.0 Å². The number of aromatic nitrogens is 2. The first-order valence-corrected chi connectivity index (χ1v) is 19.0. The number of pyridine rings is 1. The van der Waals surface area contributed by atoms with Crippen LogP contribution in [-0.4, -0.2) is 9.55 Å². The van der Waals surface area contributed by atoms with Crippen LogP contribution in [0.4, 0.5) is 0 Å². The molecule has 0 unspecified atom stereocenters. The van der Waals surface area contributed by atoms with Crippen molar-refractivity contribution < 1.29 is 0 Å². The van der Waals surface area contributed by atoms with Crippen molar-refractivity contribution in [2.45, 2.75) is 0 Å². The molecule has 0 fully saturated rings. The standard InChI is InChI=1S/C53H32N2/c1-3-13-34(14-4-1)48-40-18-7-8-19-41(40)49(35-15-5-2-6-16-35)52-45-29-28-37(39-20-11-21-44(50(39)45)51(48)52)33-24-26-36(27-25-33)55-47-23-10-9-17-38(47)42-30-31-46-43(53(42)55)22-12-32-54-46/h1-32H. The molecule has 0 atom stereocenters. The Hall–Kier alpha value is -7.29. The molecule has 2 heterocycles. The molecule has 2 heteroatoms. The Morgan fingerprint density at radius 3 is 1.62 bits per heavy atom. The van der Waals surface area contributed by atoms with Gasteiger partial charge in [-0.05, 0) is 114 Å². The van der Waals surface area contributed by atoms with Gasteiger partial charge in [-0.25, -0.2) is 0 Å². The number of benzene rings is 9. The van der Waals surface area contributed by atoms with Crippen molar-refractivity contribution in [1.82, 2.24) is 9.55 Å². The van der Waals surface area contributed by atoms with E-state index in [0.29, 0.717) is 0 Å². The van der Waals surface area contributed by atoms with Crippen molar-refractivity contribution in [3.05, 3.63) is 194 Å². The molecule has 12 rings (SSSR count). The van der Waals surface area contributed by atoms with E-state index in [1.54, 1.807) is 0 Å². The highest BCUT2D eigenvalue weighted by atomic mass is 15.0. The number of para-hydroxylation sites is 1. The molecule has 254 valence electrons. The number of nitrogens with zero attached hydrogens (tertiary/aromatic N) is 2. The predicted molar refractivity (Wildman–Crippen MR) is 232 cm³/mol. The highest BCUT2D eigenvalue weighted by Crippen LogP contribution is 2.58. The second-order valence-electron chi connectivity index (χ2n) is 14.6. The monoisotopic (exact) mass is 696 g/mol. The van der Waals surface area contributed by atoms with Crippen LogP contribution in [0.15, 0.2) is 194 Å². The lowest BCUT2D eigenvalue weighted by Gasteiger charge is -2.20. The van der Waals surface area contributed by atoms with Crippen LogP contribution >= 0.6 is 0 Å². The topological polar surface area (TPSA) is 17.8 Å². The fourth-order valence-corrected chi connectivity index (χ4v) is 9.53. The summed E-state index contributed by atoms with van der Waals surface area (Å²) < 4.78 is 2.41. The maximum atomic E-state index is 4.70. The van der Waals surface area contributed by atoms with Gasteiger partial charge in [0.05, 0.1) is 16.6 Å². The predicted octanol–water partition coefficient (Wildman–Crippen LogP) is 14.3. The zero-order valence-electron chi connectivity index (χ0n) is 29.9. The smallest absolute Gasteiger partial charge is 0.0723 e. The molecular weight excluding hydrogens is 665 g/mol. The Bertz CT molecular complexity index is 3250. The quantitative estimate of drug-likeness (QED) is 0.179. The molecule has 0 bridgehead atoms. The summed E-state index contributed by atoms with van der Waals surface area (Å²) in [6.07, 6.45) is 1.87. The average Bonchev–Trinajstić information content (AvgIpc) is 3.78. The van der Waals surface area contributed by atoms with Gasteiger partial charge in [0.15, 0.2) is 0 Å². The van der Waals surface area contributed by atoms with Crippen molar-refractivity contribution >= 4 is 54.3 Å². The number of fused-ring (bicyclic) bond motifs is 9. The minimum absolute atomic E-state index is 1.00. The minimum Gasteiger partial charge on any atom is -0.309 e. The van der Waals surface area contributed by atoms with Gasteiger partial charge in [-0.2, -0.15) is 0 Å². The Morgan fingerprint density at radius 1 is 0.327 bits per heavy atom. The molecule has 0 saturated carbocycles. The summed E-state index contributed by atoms with van der Waals surface area (Å²) in [5.74, 6) is 0. The summed E-state index contributed by atoms with van der Waals surface area (Å²) in [5.41, 5.74) is 17.3. The first-order valence-electron chi connectivity index (χ1n) is 19.0. The molecule has 0 N–H and O–H groups in total. The van der Waals surface area contributed by atoms with E-state index < -0.39 is 0 Å². The van der Waals surface area contributed by atoms with E-state index in [2.05, 4.69) is 187 Å². The maximum absolute atomic E-state index is 4.70. The fourth-order valence-electron chi connectivity index (χ4n) is 9.53. The van der Waals surface area contributed by atoms with Gasteiger partial charge < -0.3 is 4.57 Å². The zero-order valence-corrected chi connectivity index (χ0v) is 29.9. The lowest BCUT2D eigenvalue weighted by molar-refractivity contribution is 1.19. The summed E-state index contributed by atoms with van der Waals surface area (Å²) in [6.45, 7) is 0. The largest absolute Gasteiger partial charge is 0.309 e. The lowest BCUT2D eigenvalue weighted by Crippen LogP contribution is -1.95. The van der Waals surface area contributed by atoms with Crippen LogP contribution < -0.4 is 0 Å². The molecule has 0 amide bonds. The summed E-state index contributed by atoms with van der Waals surface area (Å²) >= 11 is 0. The molecule has 0 spiro atoms. The Kier molecular flexibility index (Phi) is 6.37.